The van der Waals surface area contributed by atoms with Crippen LogP contribution in [0.1, 0.15) is 22.9 Å². The normalized spacial score (nSPS) is 21.4. The number of nitrogens with one attached hydrogen (secondary N) is 1. The summed E-state index contributed by atoms with van der Waals surface area (Å²) in [6.07, 6.45) is 6.30. The summed E-state index contributed by atoms with van der Waals surface area (Å²) in [7, 11) is 0. The molecular weight excluding hydrogens is 438 g/mol. The predicted octanol–water partition coefficient (Wildman–Crippen LogP) is 3.09. The lowest BCUT2D eigenvalue weighted by Crippen LogP contribution is -2.26. The number of nitrogen functional groups attached to an aromatic ring is 1. The molecule has 1 saturated heterocycles. The topological polar surface area (TPSA) is 114 Å². The van der Waals surface area contributed by atoms with Crippen LogP contribution in [-0.2, 0) is 13.0 Å². The molecule has 1 aliphatic heterocycles. The number of fused-ring (bicyclic) bond motifs is 1. The molecule has 4 heterocycles. The number of anilines is 2. The number of nitrogens with two attached hydrogens (primary N) is 1. The highest BCUT2D eigenvalue weighted by Crippen LogP contribution is 2.58. The van der Waals surface area contributed by atoms with Crippen molar-refractivity contribution in [2.24, 2.45) is 11.8 Å². The number of halogens is 1. The molecule has 1 aromatic carbocycles. The number of aromatic amines is 1. The minimum atomic E-state index is 0.257. The van der Waals surface area contributed by atoms with Gasteiger partial charge in [0.15, 0.2) is 0 Å². The Morgan fingerprint density at radius 1 is 1.03 bits per heavy atom. The van der Waals surface area contributed by atoms with Gasteiger partial charge in [-0.2, -0.15) is 15.4 Å². The average molecular weight is 462 g/mol. The minimum Gasteiger partial charge on any atom is -0.368 e. The number of rotatable bonds is 6. The molecule has 10 heteroatoms. The molecule has 1 saturated carbocycles. The molecule has 0 bridgehead atoms. The molecule has 2 fully saturated rings. The average Bonchev–Trinajstić information content (AvgIpc) is 3.23. The van der Waals surface area contributed by atoms with Crippen molar-refractivity contribution in [3.05, 3.63) is 64.8 Å². The van der Waals surface area contributed by atoms with Gasteiger partial charge in [0.1, 0.15) is 11.6 Å². The van der Waals surface area contributed by atoms with Crippen LogP contribution in [0.2, 0.25) is 5.02 Å². The second kappa shape index (κ2) is 7.84. The van der Waals surface area contributed by atoms with Crippen LogP contribution in [0.3, 0.4) is 0 Å². The number of aromatic nitrogens is 7. The lowest BCUT2D eigenvalue weighted by molar-refractivity contribution is 0.661. The molecule has 4 aromatic rings. The van der Waals surface area contributed by atoms with Crippen molar-refractivity contribution in [3.8, 4) is 11.4 Å². The number of hydrogen-bond acceptors (Lipinski definition) is 7. The highest BCUT2D eigenvalue weighted by atomic mass is 35.5. The SMILES string of the molecule is Cc1n[nH]nc1C1C2CN(c3cnc(-c4cnc(N)nc4)n3CCc3ccc(Cl)cc3)CC21. The van der Waals surface area contributed by atoms with Crippen LogP contribution in [0.15, 0.2) is 42.9 Å². The number of benzene rings is 1. The Hall–Kier alpha value is -3.46. The summed E-state index contributed by atoms with van der Waals surface area (Å²) in [5, 5.41) is 12.1. The van der Waals surface area contributed by atoms with Crippen LogP contribution in [0.5, 0.6) is 0 Å². The fourth-order valence-electron chi connectivity index (χ4n) is 5.14. The van der Waals surface area contributed by atoms with E-state index < -0.39 is 0 Å². The smallest absolute Gasteiger partial charge is 0.219 e. The van der Waals surface area contributed by atoms with E-state index in [1.165, 1.54) is 5.56 Å². The molecule has 2 aliphatic rings. The number of hydrogen-bond donors (Lipinski definition) is 2. The maximum Gasteiger partial charge on any atom is 0.219 e. The van der Waals surface area contributed by atoms with Crippen molar-refractivity contribution in [1.29, 1.82) is 0 Å². The lowest BCUT2D eigenvalue weighted by Gasteiger charge is -2.24. The molecule has 6 rings (SSSR count). The molecular formula is C23H24ClN9. The van der Waals surface area contributed by atoms with E-state index in [0.717, 1.165) is 59.7 Å². The lowest BCUT2D eigenvalue weighted by atomic mass is 10.1. The Bertz CT molecular complexity index is 1270. The second-order valence-electron chi connectivity index (χ2n) is 8.85. The maximum atomic E-state index is 6.06. The van der Waals surface area contributed by atoms with Crippen LogP contribution < -0.4 is 10.6 Å². The van der Waals surface area contributed by atoms with Gasteiger partial charge in [0.2, 0.25) is 5.95 Å². The zero-order valence-electron chi connectivity index (χ0n) is 18.2. The second-order valence-corrected chi connectivity index (χ2v) is 9.29. The summed E-state index contributed by atoms with van der Waals surface area (Å²) >= 11 is 6.06. The predicted molar refractivity (Wildman–Crippen MR) is 126 cm³/mol. The highest BCUT2D eigenvalue weighted by Gasteiger charge is 2.58. The zero-order chi connectivity index (χ0) is 22.5. The van der Waals surface area contributed by atoms with Gasteiger partial charge >= 0.3 is 0 Å². The molecule has 1 aliphatic carbocycles. The first-order valence-corrected chi connectivity index (χ1v) is 11.5. The number of aryl methyl sites for hydroxylation is 2. The van der Waals surface area contributed by atoms with Gasteiger partial charge in [-0.05, 0) is 42.9 Å². The Morgan fingerprint density at radius 3 is 2.42 bits per heavy atom. The van der Waals surface area contributed by atoms with Crippen LogP contribution >= 0.6 is 11.6 Å². The highest BCUT2D eigenvalue weighted by molar-refractivity contribution is 6.30. The quantitative estimate of drug-likeness (QED) is 0.453. The van der Waals surface area contributed by atoms with Gasteiger partial charge in [-0.25, -0.2) is 15.0 Å². The van der Waals surface area contributed by atoms with Gasteiger partial charge in [0.05, 0.1) is 23.1 Å². The third kappa shape index (κ3) is 3.62. The summed E-state index contributed by atoms with van der Waals surface area (Å²) in [6.45, 7) is 4.80. The summed E-state index contributed by atoms with van der Waals surface area (Å²) in [4.78, 5) is 15.5. The summed E-state index contributed by atoms with van der Waals surface area (Å²) < 4.78 is 2.27. The van der Waals surface area contributed by atoms with E-state index in [2.05, 4.69) is 47.0 Å². The van der Waals surface area contributed by atoms with Crippen LogP contribution in [0, 0.1) is 18.8 Å². The molecule has 168 valence electrons. The Balaban J connectivity index is 1.26. The number of piperidine rings is 1. The summed E-state index contributed by atoms with van der Waals surface area (Å²) in [5.41, 5.74) is 9.92. The van der Waals surface area contributed by atoms with Crippen molar-refractivity contribution < 1.29 is 0 Å². The summed E-state index contributed by atoms with van der Waals surface area (Å²) in [6, 6.07) is 8.00. The molecule has 0 amide bonds. The Kier molecular flexibility index (Phi) is 4.79. The molecule has 3 aromatic heterocycles. The number of H-pyrrole nitrogens is 1. The van der Waals surface area contributed by atoms with Gasteiger partial charge in [-0.1, -0.05) is 23.7 Å². The van der Waals surface area contributed by atoms with E-state index in [1.54, 1.807) is 12.4 Å². The molecule has 9 nitrogen and oxygen atoms in total. The van der Waals surface area contributed by atoms with Crippen LogP contribution in [0.4, 0.5) is 11.8 Å². The van der Waals surface area contributed by atoms with Crippen molar-refractivity contribution in [2.45, 2.75) is 25.8 Å². The molecule has 3 N–H and O–H groups in total. The minimum absolute atomic E-state index is 0.257. The largest absolute Gasteiger partial charge is 0.368 e. The van der Waals surface area contributed by atoms with E-state index in [1.807, 2.05) is 25.3 Å². The fraction of sp³-hybridized carbons (Fsp3) is 0.348. The van der Waals surface area contributed by atoms with Crippen molar-refractivity contribution in [2.75, 3.05) is 23.7 Å². The van der Waals surface area contributed by atoms with E-state index >= 15 is 0 Å². The van der Waals surface area contributed by atoms with Gasteiger partial charge < -0.3 is 15.2 Å². The fourth-order valence-corrected chi connectivity index (χ4v) is 5.27. The first kappa shape index (κ1) is 20.2. The van der Waals surface area contributed by atoms with E-state index in [-0.39, 0.29) is 5.95 Å². The number of imidazole rings is 1. The van der Waals surface area contributed by atoms with Gasteiger partial charge in [-0.15, -0.1) is 0 Å². The van der Waals surface area contributed by atoms with E-state index in [4.69, 9.17) is 22.3 Å². The van der Waals surface area contributed by atoms with Crippen molar-refractivity contribution in [1.82, 2.24) is 34.9 Å². The van der Waals surface area contributed by atoms with Crippen LogP contribution in [-0.4, -0.2) is 48.0 Å². The third-order valence-electron chi connectivity index (χ3n) is 6.89. The monoisotopic (exact) mass is 461 g/mol. The van der Waals surface area contributed by atoms with E-state index in [9.17, 15) is 0 Å². The molecule has 0 spiro atoms. The molecule has 2 atom stereocenters. The van der Waals surface area contributed by atoms with Gasteiger partial charge in [0.25, 0.3) is 0 Å². The first-order chi connectivity index (χ1) is 16.1. The Labute approximate surface area is 196 Å². The maximum absolute atomic E-state index is 6.06. The molecule has 0 radical (unpaired) electrons. The van der Waals surface area contributed by atoms with Crippen LogP contribution in [0.25, 0.3) is 11.4 Å². The third-order valence-corrected chi connectivity index (χ3v) is 7.15. The van der Waals surface area contributed by atoms with Crippen molar-refractivity contribution in [3.63, 3.8) is 0 Å². The van der Waals surface area contributed by atoms with Gasteiger partial charge in [-0.3, -0.25) is 0 Å². The molecule has 33 heavy (non-hydrogen) atoms. The summed E-state index contributed by atoms with van der Waals surface area (Å²) in [5.74, 6) is 3.96. The van der Waals surface area contributed by atoms with Crippen molar-refractivity contribution >= 4 is 23.4 Å². The van der Waals surface area contributed by atoms with Gasteiger partial charge in [0, 0.05) is 43.0 Å². The first-order valence-electron chi connectivity index (χ1n) is 11.1. The Morgan fingerprint density at radius 2 is 1.76 bits per heavy atom. The standard InChI is InChI=1S/C23H24ClN9/c1-13-21(30-31-29-13)20-17-11-32(12-18(17)20)19-10-26-22(15-8-27-23(25)28-9-15)33(19)7-6-14-2-4-16(24)5-3-14/h2-5,8-10,17-18,20H,6-7,11-12H2,1H3,(H2,25,27,28)(H,29,30,31). The zero-order valence-corrected chi connectivity index (χ0v) is 18.9. The number of nitrogens with zero attached hydrogens (tertiary/aromatic N) is 7. The van der Waals surface area contributed by atoms with E-state index in [0.29, 0.717) is 17.8 Å². The molecule has 2 unspecified atom stereocenters.